The van der Waals surface area contributed by atoms with Crippen molar-refractivity contribution in [2.24, 2.45) is 5.73 Å². The van der Waals surface area contributed by atoms with Crippen molar-refractivity contribution in [3.8, 4) is 0 Å². The second-order valence-corrected chi connectivity index (χ2v) is 2.20. The quantitative estimate of drug-likeness (QED) is 0.441. The van der Waals surface area contributed by atoms with Gasteiger partial charge in [0.1, 0.15) is 0 Å². The van der Waals surface area contributed by atoms with E-state index in [4.69, 9.17) is 10.8 Å². The lowest BCUT2D eigenvalue weighted by Gasteiger charge is -2.08. The van der Waals surface area contributed by atoms with Crippen LogP contribution in [0, 0.1) is 0 Å². The van der Waals surface area contributed by atoms with Gasteiger partial charge in [0, 0.05) is 0 Å². The van der Waals surface area contributed by atoms with Gasteiger partial charge in [-0.2, -0.15) is 0 Å². The molecule has 0 aromatic rings. The highest BCUT2D eigenvalue weighted by Gasteiger charge is 2.30. The molecule has 0 unspecified atom stereocenters. The van der Waals surface area contributed by atoms with Crippen molar-refractivity contribution >= 4 is 11.9 Å². The Morgan fingerprint density at radius 3 is 2.60 bits per heavy atom. The molecule has 1 aliphatic rings. The number of likely N-dealkylation sites (tertiary alicyclic amines) is 1. The predicted molar refractivity (Wildman–Crippen MR) is 31.9 cm³/mol. The van der Waals surface area contributed by atoms with Gasteiger partial charge in [-0.1, -0.05) is 0 Å². The number of primary amides is 1. The Morgan fingerprint density at radius 2 is 2.40 bits per heavy atom. The van der Waals surface area contributed by atoms with Crippen LogP contribution in [0.5, 0.6) is 0 Å². The van der Waals surface area contributed by atoms with Crippen LogP contribution in [0.1, 0.15) is 6.42 Å². The van der Waals surface area contributed by atoms with E-state index in [0.717, 1.165) is 4.90 Å². The fourth-order valence-electron chi connectivity index (χ4n) is 0.902. The number of β-amino-alcohol motifs (C(OH)–C–C–N with tert-alkyl or cyclic N) is 1. The number of nitrogens with zero attached hydrogens (tertiary/aromatic N) is 1. The van der Waals surface area contributed by atoms with Crippen LogP contribution < -0.4 is 5.73 Å². The molecule has 0 aromatic carbocycles. The normalized spacial score (nSPS) is 25.5. The largest absolute Gasteiger partial charge is 0.391 e. The summed E-state index contributed by atoms with van der Waals surface area (Å²) in [6, 6.07) is -0.790. The molecule has 1 saturated heterocycles. The van der Waals surface area contributed by atoms with E-state index < -0.39 is 18.0 Å². The van der Waals surface area contributed by atoms with Crippen LogP contribution in [0.15, 0.2) is 0 Å². The van der Waals surface area contributed by atoms with Crippen LogP contribution in [0.4, 0.5) is 4.79 Å². The lowest BCUT2D eigenvalue weighted by molar-refractivity contribution is -0.125. The Morgan fingerprint density at radius 1 is 1.80 bits per heavy atom. The van der Waals surface area contributed by atoms with Crippen molar-refractivity contribution in [2.75, 3.05) is 6.54 Å². The van der Waals surface area contributed by atoms with Crippen molar-refractivity contribution in [1.29, 1.82) is 0 Å². The molecule has 0 radical (unpaired) electrons. The van der Waals surface area contributed by atoms with Gasteiger partial charge < -0.3 is 10.8 Å². The lowest BCUT2D eigenvalue weighted by atomic mass is 10.3. The van der Waals surface area contributed by atoms with Crippen molar-refractivity contribution < 1.29 is 14.7 Å². The molecule has 1 rings (SSSR count). The van der Waals surface area contributed by atoms with E-state index in [0.29, 0.717) is 0 Å². The van der Waals surface area contributed by atoms with Crippen molar-refractivity contribution in [3.63, 3.8) is 0 Å². The molecule has 1 heterocycles. The summed E-state index contributed by atoms with van der Waals surface area (Å²) in [6.07, 6.45) is -0.733. The summed E-state index contributed by atoms with van der Waals surface area (Å²) >= 11 is 0. The van der Waals surface area contributed by atoms with Gasteiger partial charge in [0.15, 0.2) is 0 Å². The third kappa shape index (κ3) is 1.08. The highest BCUT2D eigenvalue weighted by atomic mass is 16.3. The van der Waals surface area contributed by atoms with Crippen LogP contribution >= 0.6 is 0 Å². The second-order valence-electron chi connectivity index (χ2n) is 2.20. The average molecular weight is 144 g/mol. The van der Waals surface area contributed by atoms with Crippen LogP contribution in [-0.4, -0.2) is 34.6 Å². The number of rotatable bonds is 0. The first-order valence-corrected chi connectivity index (χ1v) is 2.89. The number of hydrogen-bond donors (Lipinski definition) is 2. The molecular formula is C5H8N2O3. The smallest absolute Gasteiger partial charge is 0.321 e. The number of hydrogen-bond acceptors (Lipinski definition) is 3. The molecule has 56 valence electrons. The molecule has 0 bridgehead atoms. The van der Waals surface area contributed by atoms with E-state index in [1.54, 1.807) is 0 Å². The summed E-state index contributed by atoms with van der Waals surface area (Å²) in [5.41, 5.74) is 4.81. The molecule has 0 aromatic heterocycles. The molecule has 0 spiro atoms. The van der Waals surface area contributed by atoms with E-state index >= 15 is 0 Å². The fourth-order valence-corrected chi connectivity index (χ4v) is 0.902. The maximum Gasteiger partial charge on any atom is 0.321 e. The number of nitrogens with two attached hydrogens (primary N) is 1. The molecule has 5 heteroatoms. The van der Waals surface area contributed by atoms with Crippen LogP contribution in [-0.2, 0) is 4.79 Å². The van der Waals surface area contributed by atoms with E-state index in [-0.39, 0.29) is 13.0 Å². The fraction of sp³-hybridized carbons (Fsp3) is 0.600. The van der Waals surface area contributed by atoms with Gasteiger partial charge in [0.25, 0.3) is 0 Å². The van der Waals surface area contributed by atoms with Gasteiger partial charge in [-0.15, -0.1) is 0 Å². The number of carbonyl (C=O) groups excluding carboxylic acids is 2. The minimum atomic E-state index is -0.790. The van der Waals surface area contributed by atoms with Gasteiger partial charge in [0.05, 0.1) is 19.1 Å². The second kappa shape index (κ2) is 2.26. The molecule has 0 saturated carbocycles. The number of carbonyl (C=O) groups is 2. The minimum absolute atomic E-state index is 0.00292. The van der Waals surface area contributed by atoms with Crippen LogP contribution in [0.3, 0.4) is 0 Å². The zero-order valence-electron chi connectivity index (χ0n) is 5.28. The van der Waals surface area contributed by atoms with Gasteiger partial charge in [0.2, 0.25) is 5.91 Å². The maximum absolute atomic E-state index is 10.7. The number of aliphatic hydroxyl groups is 1. The zero-order valence-corrected chi connectivity index (χ0v) is 5.28. The van der Waals surface area contributed by atoms with E-state index in [9.17, 15) is 9.59 Å². The molecule has 1 atom stereocenters. The molecule has 1 aliphatic heterocycles. The lowest BCUT2D eigenvalue weighted by Crippen LogP contribution is -2.37. The predicted octanol–water partition coefficient (Wildman–Crippen LogP) is -1.34. The van der Waals surface area contributed by atoms with Crippen LogP contribution in [0.25, 0.3) is 0 Å². The summed E-state index contributed by atoms with van der Waals surface area (Å²) in [6.45, 7) is 0.0359. The Kier molecular flexibility index (Phi) is 1.58. The summed E-state index contributed by atoms with van der Waals surface area (Å²) in [4.78, 5) is 21.9. The Hall–Kier alpha value is -1.10. The van der Waals surface area contributed by atoms with E-state index in [1.165, 1.54) is 0 Å². The zero-order chi connectivity index (χ0) is 7.72. The molecule has 0 aliphatic carbocycles. The van der Waals surface area contributed by atoms with Gasteiger partial charge in [-0.05, 0) is 0 Å². The molecule has 5 nitrogen and oxygen atoms in total. The minimum Gasteiger partial charge on any atom is -0.391 e. The third-order valence-electron chi connectivity index (χ3n) is 1.37. The highest BCUT2D eigenvalue weighted by molar-refractivity contribution is 5.95. The van der Waals surface area contributed by atoms with Gasteiger partial charge >= 0.3 is 6.03 Å². The Balaban J connectivity index is 2.63. The molecule has 3 N–H and O–H groups in total. The summed E-state index contributed by atoms with van der Waals surface area (Å²) in [5, 5.41) is 8.85. The highest BCUT2D eigenvalue weighted by Crippen LogP contribution is 2.09. The summed E-state index contributed by atoms with van der Waals surface area (Å²) < 4.78 is 0. The molecule has 3 amide bonds. The summed E-state index contributed by atoms with van der Waals surface area (Å²) in [5.74, 6) is -0.403. The van der Waals surface area contributed by atoms with Gasteiger partial charge in [-0.3, -0.25) is 9.69 Å². The average Bonchev–Trinajstić information content (AvgIpc) is 2.10. The van der Waals surface area contributed by atoms with Crippen molar-refractivity contribution in [1.82, 2.24) is 4.90 Å². The van der Waals surface area contributed by atoms with Crippen molar-refractivity contribution in [3.05, 3.63) is 0 Å². The molecule has 10 heavy (non-hydrogen) atoms. The van der Waals surface area contributed by atoms with E-state index in [1.807, 2.05) is 0 Å². The standard InChI is InChI=1S/C5H8N2O3/c6-5(10)7-2-3(8)1-4(7)9/h3,8H,1-2H2,(H2,6,10)/t3-/m0/s1. The maximum atomic E-state index is 10.7. The molecular weight excluding hydrogens is 136 g/mol. The number of aliphatic hydroxyl groups excluding tert-OH is 1. The number of imide groups is 1. The third-order valence-corrected chi connectivity index (χ3v) is 1.37. The topological polar surface area (TPSA) is 83.6 Å². The van der Waals surface area contributed by atoms with E-state index in [2.05, 4.69) is 0 Å². The van der Waals surface area contributed by atoms with Crippen LogP contribution in [0.2, 0.25) is 0 Å². The first-order chi connectivity index (χ1) is 4.61. The Bertz CT molecular complexity index is 180. The monoisotopic (exact) mass is 144 g/mol. The SMILES string of the molecule is NC(=O)N1C[C@@H](O)CC1=O. The summed E-state index contributed by atoms with van der Waals surface area (Å²) in [7, 11) is 0. The first kappa shape index (κ1) is 7.01. The number of urea groups is 1. The Labute approximate surface area is 57.4 Å². The first-order valence-electron chi connectivity index (χ1n) is 2.89. The molecule has 1 fully saturated rings. The van der Waals surface area contributed by atoms with Gasteiger partial charge in [-0.25, -0.2) is 4.79 Å². The number of amides is 3. The van der Waals surface area contributed by atoms with Crippen molar-refractivity contribution in [2.45, 2.75) is 12.5 Å².